The topological polar surface area (TPSA) is 70.1 Å². The molecule has 2 aliphatic rings. The number of carbonyl (C=O) groups excluding carboxylic acids is 3. The summed E-state index contributed by atoms with van der Waals surface area (Å²) in [5, 5.41) is 0. The van der Waals surface area contributed by atoms with Crippen LogP contribution in [-0.4, -0.2) is 42.9 Å². The molecule has 0 bridgehead atoms. The minimum Gasteiger partial charge on any atom is -0.353 e. The molecule has 2 amide bonds. The zero-order valence-corrected chi connectivity index (χ0v) is 13.1. The maximum atomic E-state index is 11.8. The Bertz CT molecular complexity index is 653. The number of aliphatic imine (C=N–C) groups is 1. The minimum absolute atomic E-state index is 0.194. The molecule has 1 saturated carbocycles. The third-order valence-corrected chi connectivity index (χ3v) is 4.86. The van der Waals surface area contributed by atoms with Crippen LogP contribution in [0, 0.1) is 0 Å². The van der Waals surface area contributed by atoms with E-state index in [1.54, 1.807) is 11.0 Å². The van der Waals surface area contributed by atoms with Crippen molar-refractivity contribution >= 4 is 23.6 Å². The number of isocyanates is 1. The predicted molar refractivity (Wildman–Crippen MR) is 84.7 cm³/mol. The average Bonchev–Trinajstić information content (AvgIpc) is 3.02. The number of hydrogen-bond acceptors (Lipinski definition) is 5. The summed E-state index contributed by atoms with van der Waals surface area (Å²) in [6, 6.07) is 7.66. The second-order valence-corrected chi connectivity index (χ2v) is 6.19. The van der Waals surface area contributed by atoms with Gasteiger partial charge in [0.1, 0.15) is 0 Å². The second kappa shape index (κ2) is 5.97. The van der Waals surface area contributed by atoms with Crippen LogP contribution < -0.4 is 4.90 Å². The highest BCUT2D eigenvalue weighted by atomic mass is 16.2. The van der Waals surface area contributed by atoms with Crippen LogP contribution in [0.2, 0.25) is 0 Å². The predicted octanol–water partition coefficient (Wildman–Crippen LogP) is 1.60. The third-order valence-electron chi connectivity index (χ3n) is 4.86. The normalized spacial score (nSPS) is 20.6. The van der Waals surface area contributed by atoms with E-state index in [1.807, 2.05) is 24.3 Å². The molecule has 23 heavy (non-hydrogen) atoms. The Morgan fingerprint density at radius 3 is 2.13 bits per heavy atom. The molecule has 6 nitrogen and oxygen atoms in total. The van der Waals surface area contributed by atoms with Crippen LogP contribution in [0.15, 0.2) is 29.3 Å². The lowest BCUT2D eigenvalue weighted by molar-refractivity contribution is -0.143. The highest BCUT2D eigenvalue weighted by molar-refractivity contribution is 6.02. The molecule has 1 heterocycles. The first-order valence-corrected chi connectivity index (χ1v) is 7.80. The van der Waals surface area contributed by atoms with E-state index >= 15 is 0 Å². The monoisotopic (exact) mass is 313 g/mol. The summed E-state index contributed by atoms with van der Waals surface area (Å²) in [5.74, 6) is -0.411. The van der Waals surface area contributed by atoms with E-state index < -0.39 is 5.54 Å². The average molecular weight is 313 g/mol. The molecule has 2 fully saturated rings. The molecule has 0 spiro atoms. The number of hydrogen-bond donors (Lipinski definition) is 0. The van der Waals surface area contributed by atoms with E-state index in [0.29, 0.717) is 0 Å². The largest absolute Gasteiger partial charge is 0.353 e. The molecular formula is C17H19N3O3. The fourth-order valence-corrected chi connectivity index (χ4v) is 3.41. The van der Waals surface area contributed by atoms with Gasteiger partial charge in [0, 0.05) is 12.7 Å². The number of benzene rings is 1. The molecule has 6 heteroatoms. The van der Waals surface area contributed by atoms with Crippen LogP contribution in [0.1, 0.15) is 31.2 Å². The van der Waals surface area contributed by atoms with Gasteiger partial charge in [-0.05, 0) is 30.5 Å². The maximum Gasteiger partial charge on any atom is 0.248 e. The Morgan fingerprint density at radius 2 is 1.61 bits per heavy atom. The molecule has 1 aliphatic heterocycles. The molecule has 1 aromatic carbocycles. The van der Waals surface area contributed by atoms with Crippen molar-refractivity contribution in [1.29, 1.82) is 0 Å². The fourth-order valence-electron chi connectivity index (χ4n) is 3.41. The van der Waals surface area contributed by atoms with Crippen LogP contribution in [0.25, 0.3) is 0 Å². The zero-order chi connectivity index (χ0) is 16.4. The SMILES string of the molecule is CN1C(=O)CN(c2ccc(C3(N=C=O)CCCC3)cc2)CC1=O. The maximum absolute atomic E-state index is 11.8. The van der Waals surface area contributed by atoms with Crippen LogP contribution in [-0.2, 0) is 19.9 Å². The standard InChI is InChI=1S/C17H19N3O3/c1-19-15(22)10-20(11-16(19)23)14-6-4-13(5-7-14)17(18-12-21)8-2-3-9-17/h4-7H,2-3,8-11H2,1H3. The number of nitrogens with zero attached hydrogens (tertiary/aromatic N) is 3. The number of imide groups is 1. The minimum atomic E-state index is -0.450. The lowest BCUT2D eigenvalue weighted by Crippen LogP contribution is -2.52. The van der Waals surface area contributed by atoms with E-state index in [2.05, 4.69) is 4.99 Å². The van der Waals surface area contributed by atoms with Crippen molar-refractivity contribution in [3.05, 3.63) is 29.8 Å². The quantitative estimate of drug-likeness (QED) is 0.483. The Labute approximate surface area is 134 Å². The van der Waals surface area contributed by atoms with Gasteiger partial charge < -0.3 is 4.90 Å². The van der Waals surface area contributed by atoms with Crippen molar-refractivity contribution in [3.8, 4) is 0 Å². The third kappa shape index (κ3) is 2.78. The number of amides is 2. The fraction of sp³-hybridized carbons (Fsp3) is 0.471. The number of anilines is 1. The van der Waals surface area contributed by atoms with E-state index in [9.17, 15) is 14.4 Å². The van der Waals surface area contributed by atoms with E-state index in [4.69, 9.17) is 0 Å². The van der Waals surface area contributed by atoms with Gasteiger partial charge in [-0.2, -0.15) is 4.99 Å². The van der Waals surface area contributed by atoms with E-state index in [0.717, 1.165) is 41.8 Å². The highest BCUT2D eigenvalue weighted by Crippen LogP contribution is 2.42. The molecule has 0 atom stereocenters. The first kappa shape index (κ1) is 15.4. The second-order valence-electron chi connectivity index (χ2n) is 6.19. The van der Waals surface area contributed by atoms with Gasteiger partial charge in [-0.1, -0.05) is 25.0 Å². The van der Waals surface area contributed by atoms with Crippen molar-refractivity contribution in [2.45, 2.75) is 31.2 Å². The summed E-state index contributed by atoms with van der Waals surface area (Å²) >= 11 is 0. The molecule has 3 rings (SSSR count). The van der Waals surface area contributed by atoms with Crippen molar-refractivity contribution in [3.63, 3.8) is 0 Å². The van der Waals surface area contributed by atoms with Gasteiger partial charge in [0.2, 0.25) is 17.9 Å². The van der Waals surface area contributed by atoms with E-state index in [-0.39, 0.29) is 24.9 Å². The van der Waals surface area contributed by atoms with Crippen LogP contribution in [0.3, 0.4) is 0 Å². The van der Waals surface area contributed by atoms with Crippen molar-refractivity contribution in [2.24, 2.45) is 4.99 Å². The smallest absolute Gasteiger partial charge is 0.248 e. The summed E-state index contributed by atoms with van der Waals surface area (Å²) in [4.78, 5) is 41.4. The summed E-state index contributed by atoms with van der Waals surface area (Å²) < 4.78 is 0. The van der Waals surface area contributed by atoms with Gasteiger partial charge in [0.25, 0.3) is 0 Å². The first-order valence-electron chi connectivity index (χ1n) is 7.80. The molecule has 120 valence electrons. The van der Waals surface area contributed by atoms with Gasteiger partial charge in [0.05, 0.1) is 18.6 Å². The number of likely N-dealkylation sites (N-methyl/N-ethyl adjacent to an activating group) is 1. The molecule has 1 saturated heterocycles. The molecule has 0 radical (unpaired) electrons. The Kier molecular flexibility index (Phi) is 4.01. The summed E-state index contributed by atoms with van der Waals surface area (Å²) in [6.07, 6.45) is 5.52. The molecule has 0 unspecified atom stereocenters. The van der Waals surface area contributed by atoms with Gasteiger partial charge >= 0.3 is 0 Å². The molecule has 1 aliphatic carbocycles. The number of carbonyl (C=O) groups is 2. The summed E-state index contributed by atoms with van der Waals surface area (Å²) in [7, 11) is 1.51. The molecule has 0 aromatic heterocycles. The number of piperazine rings is 1. The van der Waals surface area contributed by atoms with Gasteiger partial charge in [-0.3, -0.25) is 14.5 Å². The van der Waals surface area contributed by atoms with Crippen LogP contribution in [0.5, 0.6) is 0 Å². The van der Waals surface area contributed by atoms with Crippen molar-refractivity contribution in [2.75, 3.05) is 25.0 Å². The van der Waals surface area contributed by atoms with Gasteiger partial charge in [0.15, 0.2) is 0 Å². The lowest BCUT2D eigenvalue weighted by Gasteiger charge is -2.32. The zero-order valence-electron chi connectivity index (χ0n) is 13.1. The Morgan fingerprint density at radius 1 is 1.04 bits per heavy atom. The first-order chi connectivity index (χ1) is 11.1. The van der Waals surface area contributed by atoms with Crippen LogP contribution in [0.4, 0.5) is 5.69 Å². The Hall–Kier alpha value is -2.46. The highest BCUT2D eigenvalue weighted by Gasteiger charge is 2.36. The number of rotatable bonds is 3. The van der Waals surface area contributed by atoms with Crippen molar-refractivity contribution < 1.29 is 14.4 Å². The summed E-state index contributed by atoms with van der Waals surface area (Å²) in [6.45, 7) is 0.387. The Balaban J connectivity index is 1.84. The van der Waals surface area contributed by atoms with Gasteiger partial charge in [-0.15, -0.1) is 0 Å². The summed E-state index contributed by atoms with van der Waals surface area (Å²) in [5.41, 5.74) is 1.37. The van der Waals surface area contributed by atoms with Crippen LogP contribution >= 0.6 is 0 Å². The molecule has 1 aromatic rings. The molecular weight excluding hydrogens is 294 g/mol. The molecule has 0 N–H and O–H groups in total. The van der Waals surface area contributed by atoms with Gasteiger partial charge in [-0.25, -0.2) is 4.79 Å². The van der Waals surface area contributed by atoms with Crippen molar-refractivity contribution in [1.82, 2.24) is 4.90 Å². The lowest BCUT2D eigenvalue weighted by atomic mass is 9.89. The van der Waals surface area contributed by atoms with E-state index in [1.165, 1.54) is 7.05 Å².